The topological polar surface area (TPSA) is 82.1 Å². The Morgan fingerprint density at radius 2 is 1.93 bits per heavy atom. The van der Waals surface area contributed by atoms with Crippen LogP contribution in [0, 0.1) is 0 Å². The highest BCUT2D eigenvalue weighted by Crippen LogP contribution is 2.33. The lowest BCUT2D eigenvalue weighted by Crippen LogP contribution is -2.37. The summed E-state index contributed by atoms with van der Waals surface area (Å²) in [5, 5.41) is 0.564. The Kier molecular flexibility index (Phi) is 4.85. The Labute approximate surface area is 171 Å². The fraction of sp³-hybridized carbons (Fsp3) is 0.400. The third-order valence-corrected chi connectivity index (χ3v) is 6.39. The van der Waals surface area contributed by atoms with Crippen LogP contribution < -0.4 is 16.1 Å². The molecule has 2 aromatic heterocycles. The number of fused-ring (bicyclic) bond motifs is 2. The van der Waals surface area contributed by atoms with Crippen molar-refractivity contribution >= 4 is 34.5 Å². The molecule has 1 amide bonds. The van der Waals surface area contributed by atoms with E-state index in [9.17, 15) is 14.4 Å². The fourth-order valence-corrected chi connectivity index (χ4v) is 4.89. The van der Waals surface area contributed by atoms with E-state index in [1.54, 1.807) is 11.6 Å². The number of anilines is 1. The van der Waals surface area contributed by atoms with Gasteiger partial charge in [0, 0.05) is 32.4 Å². The van der Waals surface area contributed by atoms with Crippen molar-refractivity contribution in [2.75, 3.05) is 10.7 Å². The quantitative estimate of drug-likeness (QED) is 0.606. The zero-order valence-electron chi connectivity index (χ0n) is 16.9. The lowest BCUT2D eigenvalue weighted by atomic mass is 10.1. The Hall–Kier alpha value is -2.81. The fourth-order valence-electron chi connectivity index (χ4n) is 3.97. The molecule has 0 fully saturated rings. The van der Waals surface area contributed by atoms with Crippen molar-refractivity contribution in [2.45, 2.75) is 38.0 Å². The van der Waals surface area contributed by atoms with Crippen LogP contribution in [0.15, 0.2) is 39.0 Å². The number of aryl methyl sites for hydroxylation is 2. The van der Waals surface area contributed by atoms with Crippen LogP contribution in [0.2, 0.25) is 0 Å². The van der Waals surface area contributed by atoms with E-state index in [1.807, 2.05) is 36.9 Å². The molecule has 0 N–H and O–H groups in total. The minimum absolute atomic E-state index is 0.00366. The number of amides is 1. The normalized spacial score (nSPS) is 15.9. The van der Waals surface area contributed by atoms with E-state index < -0.39 is 5.69 Å². The first-order valence-corrected chi connectivity index (χ1v) is 10.5. The van der Waals surface area contributed by atoms with Crippen LogP contribution in [-0.4, -0.2) is 36.4 Å². The van der Waals surface area contributed by atoms with Crippen LogP contribution in [0.1, 0.15) is 19.4 Å². The molecule has 0 unspecified atom stereocenters. The SMILES string of the molecule is CCn1c(SCC(=O)N2c3ccccc3C[C@@H]2C)nc2c1c(=O)n(C)c(=O)n2C. The summed E-state index contributed by atoms with van der Waals surface area (Å²) in [7, 11) is 3.05. The lowest BCUT2D eigenvalue weighted by Gasteiger charge is -2.22. The number of rotatable bonds is 4. The van der Waals surface area contributed by atoms with Crippen molar-refractivity contribution in [1.82, 2.24) is 18.7 Å². The van der Waals surface area contributed by atoms with Gasteiger partial charge in [-0.05, 0) is 31.9 Å². The minimum Gasteiger partial charge on any atom is -0.313 e. The van der Waals surface area contributed by atoms with Gasteiger partial charge in [0.15, 0.2) is 16.3 Å². The number of para-hydroxylation sites is 1. The minimum atomic E-state index is -0.418. The molecule has 0 radical (unpaired) electrons. The van der Waals surface area contributed by atoms with Crippen LogP contribution in [0.4, 0.5) is 5.69 Å². The average Bonchev–Trinajstić information content (AvgIpc) is 3.25. The van der Waals surface area contributed by atoms with Crippen molar-refractivity contribution < 1.29 is 4.79 Å². The Morgan fingerprint density at radius 3 is 2.66 bits per heavy atom. The van der Waals surface area contributed by atoms with E-state index >= 15 is 0 Å². The van der Waals surface area contributed by atoms with Crippen molar-refractivity contribution in [3.8, 4) is 0 Å². The van der Waals surface area contributed by atoms with Gasteiger partial charge in [-0.3, -0.25) is 18.7 Å². The summed E-state index contributed by atoms with van der Waals surface area (Å²) < 4.78 is 4.22. The molecule has 1 aliphatic heterocycles. The predicted molar refractivity (Wildman–Crippen MR) is 114 cm³/mol. The van der Waals surface area contributed by atoms with Crippen molar-refractivity contribution in [3.05, 3.63) is 50.7 Å². The Balaban J connectivity index is 1.66. The molecule has 4 rings (SSSR count). The number of nitrogens with zero attached hydrogens (tertiary/aromatic N) is 5. The Morgan fingerprint density at radius 1 is 1.21 bits per heavy atom. The van der Waals surface area contributed by atoms with Crippen LogP contribution in [0.25, 0.3) is 11.2 Å². The summed E-state index contributed by atoms with van der Waals surface area (Å²) in [6, 6.07) is 8.07. The van der Waals surface area contributed by atoms with Crippen molar-refractivity contribution in [1.29, 1.82) is 0 Å². The van der Waals surface area contributed by atoms with E-state index in [0.29, 0.717) is 22.9 Å². The van der Waals surface area contributed by atoms with E-state index in [-0.39, 0.29) is 23.3 Å². The summed E-state index contributed by atoms with van der Waals surface area (Å²) in [6.45, 7) is 4.48. The van der Waals surface area contributed by atoms with Gasteiger partial charge in [0.2, 0.25) is 5.91 Å². The molecule has 0 bridgehead atoms. The van der Waals surface area contributed by atoms with Crippen LogP contribution in [0.3, 0.4) is 0 Å². The van der Waals surface area contributed by atoms with Crippen LogP contribution >= 0.6 is 11.8 Å². The number of imidazole rings is 1. The van der Waals surface area contributed by atoms with Crippen molar-refractivity contribution in [3.63, 3.8) is 0 Å². The largest absolute Gasteiger partial charge is 0.332 e. The first-order valence-electron chi connectivity index (χ1n) is 9.54. The van der Waals surface area contributed by atoms with Gasteiger partial charge in [-0.25, -0.2) is 9.78 Å². The van der Waals surface area contributed by atoms with Gasteiger partial charge in [0.1, 0.15) is 0 Å². The van der Waals surface area contributed by atoms with E-state index in [0.717, 1.165) is 16.7 Å². The third kappa shape index (κ3) is 3.00. The number of hydrogen-bond donors (Lipinski definition) is 0. The van der Waals surface area contributed by atoms with Gasteiger partial charge in [-0.2, -0.15) is 0 Å². The molecule has 29 heavy (non-hydrogen) atoms. The van der Waals surface area contributed by atoms with Gasteiger partial charge in [-0.15, -0.1) is 0 Å². The first-order chi connectivity index (χ1) is 13.8. The molecule has 1 aliphatic rings. The molecule has 0 spiro atoms. The molecule has 0 saturated heterocycles. The first kappa shape index (κ1) is 19.5. The monoisotopic (exact) mass is 413 g/mol. The average molecular weight is 414 g/mol. The number of hydrogen-bond acceptors (Lipinski definition) is 5. The molecule has 0 aliphatic carbocycles. The zero-order valence-corrected chi connectivity index (χ0v) is 17.7. The maximum Gasteiger partial charge on any atom is 0.332 e. The summed E-state index contributed by atoms with van der Waals surface area (Å²) >= 11 is 1.30. The number of carbonyl (C=O) groups excluding carboxylic acids is 1. The number of carbonyl (C=O) groups is 1. The highest BCUT2D eigenvalue weighted by Gasteiger charge is 2.30. The lowest BCUT2D eigenvalue weighted by molar-refractivity contribution is -0.116. The summed E-state index contributed by atoms with van der Waals surface area (Å²) in [5.74, 6) is 0.208. The van der Waals surface area contributed by atoms with E-state index in [4.69, 9.17) is 0 Å². The summed E-state index contributed by atoms with van der Waals surface area (Å²) in [4.78, 5) is 44.2. The summed E-state index contributed by atoms with van der Waals surface area (Å²) in [6.07, 6.45) is 0.845. The van der Waals surface area contributed by atoms with Crippen LogP contribution in [0.5, 0.6) is 0 Å². The second-order valence-electron chi connectivity index (χ2n) is 7.25. The standard InChI is InChI=1S/C20H23N5O3S/c1-5-24-16-17(22(3)20(28)23(4)18(16)27)21-19(24)29-11-15(26)25-12(2)10-13-8-6-7-9-14(13)25/h6-9,12H,5,10-11H2,1-4H3/t12-/m0/s1. The molecule has 9 heteroatoms. The van der Waals surface area contributed by atoms with Gasteiger partial charge < -0.3 is 9.47 Å². The second-order valence-corrected chi connectivity index (χ2v) is 8.19. The number of aromatic nitrogens is 4. The van der Waals surface area contributed by atoms with Crippen LogP contribution in [-0.2, 0) is 31.9 Å². The Bertz CT molecular complexity index is 1240. The zero-order chi connectivity index (χ0) is 20.9. The highest BCUT2D eigenvalue weighted by atomic mass is 32.2. The van der Waals surface area contributed by atoms with Gasteiger partial charge >= 0.3 is 5.69 Å². The van der Waals surface area contributed by atoms with E-state index in [1.165, 1.54) is 28.9 Å². The smallest absolute Gasteiger partial charge is 0.313 e. The second kappa shape index (κ2) is 7.22. The van der Waals surface area contributed by atoms with Gasteiger partial charge in [0.05, 0.1) is 5.75 Å². The molecule has 152 valence electrons. The number of benzene rings is 1. The van der Waals surface area contributed by atoms with E-state index in [2.05, 4.69) is 11.1 Å². The van der Waals surface area contributed by atoms with Crippen molar-refractivity contribution in [2.24, 2.45) is 14.1 Å². The molecule has 3 aromatic rings. The molecule has 8 nitrogen and oxygen atoms in total. The molecular weight excluding hydrogens is 390 g/mol. The maximum absolute atomic E-state index is 13.0. The molecule has 3 heterocycles. The highest BCUT2D eigenvalue weighted by molar-refractivity contribution is 7.99. The molecular formula is C20H23N5O3S. The summed E-state index contributed by atoms with van der Waals surface area (Å²) in [5.41, 5.74) is 2.07. The molecule has 1 atom stereocenters. The van der Waals surface area contributed by atoms with Gasteiger partial charge in [0.25, 0.3) is 5.56 Å². The van der Waals surface area contributed by atoms with Gasteiger partial charge in [-0.1, -0.05) is 30.0 Å². The maximum atomic E-state index is 13.0. The molecule has 1 aromatic carbocycles. The predicted octanol–water partition coefficient (Wildman–Crippen LogP) is 1.52. The number of thioether (sulfide) groups is 1. The molecule has 0 saturated carbocycles. The third-order valence-electron chi connectivity index (χ3n) is 5.43.